The van der Waals surface area contributed by atoms with Crippen molar-refractivity contribution >= 4 is 5.97 Å². The van der Waals surface area contributed by atoms with Gasteiger partial charge < -0.3 is 24.4 Å². The lowest BCUT2D eigenvalue weighted by atomic mass is 9.91. The van der Waals surface area contributed by atoms with Gasteiger partial charge in [0.15, 0.2) is 5.60 Å². The molecular formula is C26H32O6. The minimum atomic E-state index is -1.15. The lowest BCUT2D eigenvalue weighted by Crippen LogP contribution is -2.40. The van der Waals surface area contributed by atoms with Gasteiger partial charge in [0.1, 0.15) is 30.8 Å². The van der Waals surface area contributed by atoms with Gasteiger partial charge in [-0.1, -0.05) is 37.1 Å². The summed E-state index contributed by atoms with van der Waals surface area (Å²) in [6.07, 6.45) is 5.92. The molecule has 1 heterocycles. The first-order valence-corrected chi connectivity index (χ1v) is 11.5. The molecule has 6 heteroatoms. The SMILES string of the molecule is O=C(O)C1(Cc2cccc(OCC(O)COc3ccc(C4CCCC4)cc3)c2)CCCO1. The Balaban J connectivity index is 1.24. The van der Waals surface area contributed by atoms with Crippen molar-refractivity contribution in [3.05, 3.63) is 59.7 Å². The molecule has 4 rings (SSSR count). The van der Waals surface area contributed by atoms with Crippen molar-refractivity contribution < 1.29 is 29.2 Å². The van der Waals surface area contributed by atoms with Crippen molar-refractivity contribution in [3.8, 4) is 11.5 Å². The maximum atomic E-state index is 11.7. The summed E-state index contributed by atoms with van der Waals surface area (Å²) in [7, 11) is 0. The second-order valence-electron chi connectivity index (χ2n) is 8.90. The van der Waals surface area contributed by atoms with Gasteiger partial charge in [0.25, 0.3) is 0 Å². The van der Waals surface area contributed by atoms with Crippen LogP contribution in [-0.4, -0.2) is 47.7 Å². The first kappa shape index (κ1) is 22.6. The maximum absolute atomic E-state index is 11.7. The third-order valence-corrected chi connectivity index (χ3v) is 6.47. The summed E-state index contributed by atoms with van der Waals surface area (Å²) in [5, 5.41) is 19.9. The molecule has 0 radical (unpaired) electrons. The number of carboxylic acids is 1. The molecule has 2 unspecified atom stereocenters. The molecule has 1 aliphatic carbocycles. The third-order valence-electron chi connectivity index (χ3n) is 6.47. The quantitative estimate of drug-likeness (QED) is 0.572. The van der Waals surface area contributed by atoms with E-state index in [4.69, 9.17) is 14.2 Å². The molecule has 2 aliphatic rings. The highest BCUT2D eigenvalue weighted by Gasteiger charge is 2.42. The van der Waals surface area contributed by atoms with Crippen molar-refractivity contribution in [1.29, 1.82) is 0 Å². The first-order chi connectivity index (χ1) is 15.5. The summed E-state index contributed by atoms with van der Waals surface area (Å²) < 4.78 is 17.0. The van der Waals surface area contributed by atoms with Gasteiger partial charge in [0.2, 0.25) is 0 Å². The van der Waals surface area contributed by atoms with Gasteiger partial charge in [-0.15, -0.1) is 0 Å². The number of aliphatic hydroxyl groups is 1. The topological polar surface area (TPSA) is 85.2 Å². The molecule has 2 fully saturated rings. The predicted molar refractivity (Wildman–Crippen MR) is 120 cm³/mol. The minimum Gasteiger partial charge on any atom is -0.491 e. The molecular weight excluding hydrogens is 408 g/mol. The van der Waals surface area contributed by atoms with E-state index in [2.05, 4.69) is 12.1 Å². The number of aliphatic hydroxyl groups excluding tert-OH is 1. The van der Waals surface area contributed by atoms with Crippen LogP contribution < -0.4 is 9.47 Å². The van der Waals surface area contributed by atoms with E-state index >= 15 is 0 Å². The Hall–Kier alpha value is -2.57. The van der Waals surface area contributed by atoms with E-state index in [9.17, 15) is 15.0 Å². The highest BCUT2D eigenvalue weighted by molar-refractivity contribution is 5.78. The van der Waals surface area contributed by atoms with Gasteiger partial charge in [-0.25, -0.2) is 4.79 Å². The average molecular weight is 441 g/mol. The number of aliphatic carboxylic acids is 1. The molecule has 2 aromatic rings. The summed E-state index contributed by atoms with van der Waals surface area (Å²) in [6.45, 7) is 0.695. The zero-order valence-corrected chi connectivity index (χ0v) is 18.4. The Kier molecular flexibility index (Phi) is 7.33. The molecule has 0 amide bonds. The summed E-state index contributed by atoms with van der Waals surface area (Å²) in [4.78, 5) is 11.7. The van der Waals surface area contributed by atoms with Crippen molar-refractivity contribution in [3.63, 3.8) is 0 Å². The molecule has 1 saturated carbocycles. The van der Waals surface area contributed by atoms with Crippen LogP contribution in [0.15, 0.2) is 48.5 Å². The lowest BCUT2D eigenvalue weighted by Gasteiger charge is -2.23. The molecule has 172 valence electrons. The fourth-order valence-electron chi connectivity index (χ4n) is 4.68. The first-order valence-electron chi connectivity index (χ1n) is 11.5. The van der Waals surface area contributed by atoms with Crippen LogP contribution in [0.2, 0.25) is 0 Å². The van der Waals surface area contributed by atoms with E-state index in [1.165, 1.54) is 31.2 Å². The van der Waals surface area contributed by atoms with Crippen molar-refractivity contribution in [2.75, 3.05) is 19.8 Å². The van der Waals surface area contributed by atoms with Gasteiger partial charge >= 0.3 is 5.97 Å². The molecule has 32 heavy (non-hydrogen) atoms. The minimum absolute atomic E-state index is 0.0875. The zero-order valence-electron chi connectivity index (χ0n) is 18.4. The molecule has 0 aromatic heterocycles. The van der Waals surface area contributed by atoms with Crippen LogP contribution in [0.3, 0.4) is 0 Å². The van der Waals surface area contributed by atoms with Crippen molar-refractivity contribution in [2.24, 2.45) is 0 Å². The second-order valence-corrected chi connectivity index (χ2v) is 8.90. The number of ether oxygens (including phenoxy) is 3. The number of hydrogen-bond donors (Lipinski definition) is 2. The van der Waals surface area contributed by atoms with Crippen molar-refractivity contribution in [1.82, 2.24) is 0 Å². The summed E-state index contributed by atoms with van der Waals surface area (Å²) in [5.74, 6) is 1.07. The Morgan fingerprint density at radius 2 is 1.75 bits per heavy atom. The van der Waals surface area contributed by atoms with Crippen molar-refractivity contribution in [2.45, 2.75) is 62.6 Å². The molecule has 2 N–H and O–H groups in total. The van der Waals surface area contributed by atoms with E-state index < -0.39 is 17.7 Å². The Morgan fingerprint density at radius 1 is 1.03 bits per heavy atom. The van der Waals surface area contributed by atoms with E-state index in [-0.39, 0.29) is 13.2 Å². The Bertz CT molecular complexity index is 881. The monoisotopic (exact) mass is 440 g/mol. The van der Waals surface area contributed by atoms with E-state index in [0.717, 1.165) is 17.7 Å². The van der Waals surface area contributed by atoms with Crippen LogP contribution in [-0.2, 0) is 16.0 Å². The largest absolute Gasteiger partial charge is 0.491 e. The van der Waals surface area contributed by atoms with Gasteiger partial charge in [0.05, 0.1) is 0 Å². The smallest absolute Gasteiger partial charge is 0.336 e. The van der Waals surface area contributed by atoms with Crippen LogP contribution in [0.25, 0.3) is 0 Å². The lowest BCUT2D eigenvalue weighted by molar-refractivity contribution is -0.159. The van der Waals surface area contributed by atoms with Crippen LogP contribution in [0.4, 0.5) is 0 Å². The second kappa shape index (κ2) is 10.4. The molecule has 0 bridgehead atoms. The fraction of sp³-hybridized carbons (Fsp3) is 0.500. The highest BCUT2D eigenvalue weighted by Crippen LogP contribution is 2.34. The summed E-state index contributed by atoms with van der Waals surface area (Å²) >= 11 is 0. The number of carboxylic acid groups (broad SMARTS) is 1. The van der Waals surface area contributed by atoms with Crippen LogP contribution in [0.5, 0.6) is 11.5 Å². The molecule has 0 spiro atoms. The van der Waals surface area contributed by atoms with E-state index in [1.54, 1.807) is 6.07 Å². The Labute approximate surface area is 189 Å². The van der Waals surface area contributed by atoms with Crippen LogP contribution >= 0.6 is 0 Å². The van der Waals surface area contributed by atoms with Gasteiger partial charge in [-0.05, 0) is 67.0 Å². The van der Waals surface area contributed by atoms with E-state index in [1.807, 2.05) is 30.3 Å². The highest BCUT2D eigenvalue weighted by atomic mass is 16.5. The fourth-order valence-corrected chi connectivity index (χ4v) is 4.68. The molecule has 2 atom stereocenters. The summed E-state index contributed by atoms with van der Waals surface area (Å²) in [5.41, 5.74) is 1.05. The summed E-state index contributed by atoms with van der Waals surface area (Å²) in [6, 6.07) is 15.5. The molecule has 6 nitrogen and oxygen atoms in total. The predicted octanol–water partition coefficient (Wildman–Crippen LogP) is 4.34. The normalized spacial score (nSPS) is 22.0. The molecule has 1 aliphatic heterocycles. The molecule has 2 aromatic carbocycles. The Morgan fingerprint density at radius 3 is 2.41 bits per heavy atom. The van der Waals surface area contributed by atoms with Gasteiger partial charge in [-0.3, -0.25) is 0 Å². The number of rotatable bonds is 10. The number of hydrogen-bond acceptors (Lipinski definition) is 5. The molecule has 1 saturated heterocycles. The van der Waals surface area contributed by atoms with Crippen LogP contribution in [0.1, 0.15) is 55.6 Å². The average Bonchev–Trinajstić information content (AvgIpc) is 3.50. The van der Waals surface area contributed by atoms with Gasteiger partial charge in [0, 0.05) is 13.0 Å². The van der Waals surface area contributed by atoms with Gasteiger partial charge in [-0.2, -0.15) is 0 Å². The number of carbonyl (C=O) groups is 1. The zero-order chi connectivity index (χ0) is 22.4. The maximum Gasteiger partial charge on any atom is 0.336 e. The van der Waals surface area contributed by atoms with E-state index in [0.29, 0.717) is 31.1 Å². The number of benzene rings is 2. The van der Waals surface area contributed by atoms with Crippen LogP contribution in [0, 0.1) is 0 Å². The standard InChI is InChI=1S/C26H32O6/c27-22(17-30-23-11-9-21(10-12-23)20-6-1-2-7-20)18-31-24-8-3-5-19(15-24)16-26(25(28)29)13-4-14-32-26/h3,5,8-12,15,20,22,27H,1-2,4,6-7,13-14,16-18H2,(H,28,29). The third kappa shape index (κ3) is 5.61.